The number of benzene rings is 1. The summed E-state index contributed by atoms with van der Waals surface area (Å²) in [6, 6.07) is 9.36. The molecule has 1 fully saturated rings. The number of nitrogens with zero attached hydrogens (tertiary/aromatic N) is 1. The van der Waals surface area contributed by atoms with Crippen LogP contribution in [-0.4, -0.2) is 55.2 Å². The summed E-state index contributed by atoms with van der Waals surface area (Å²) in [4.78, 5) is 14.3. The molecule has 1 aromatic carbocycles. The lowest BCUT2D eigenvalue weighted by Gasteiger charge is -2.38. The van der Waals surface area contributed by atoms with Gasteiger partial charge in [0.05, 0.1) is 18.2 Å². The zero-order valence-electron chi connectivity index (χ0n) is 14.4. The number of hydrogen-bond donors (Lipinski definition) is 2. The molecule has 1 aliphatic rings. The topological polar surface area (TPSA) is 67.6 Å². The maximum atomic E-state index is 12.0. The molecule has 1 aliphatic heterocycles. The molecular weight excluding hydrogens is 349 g/mol. The molecule has 24 heavy (non-hydrogen) atoms. The van der Waals surface area contributed by atoms with Crippen LogP contribution < -0.4 is 11.1 Å². The molecule has 2 rings (SSSR count). The Hall–Kier alpha value is -0.850. The zero-order chi connectivity index (χ0) is 16.0. The standard InChI is InChI=1S/C17H27N3O2.2ClH/c1-17(2)13-20(10-11-22-17)9-8-19-16(21)15(18)12-14-6-4-3-5-7-14;;/h3-7,15H,8-13,18H2,1-2H3,(H,19,21);2*1H. The Morgan fingerprint density at radius 1 is 1.33 bits per heavy atom. The summed E-state index contributed by atoms with van der Waals surface area (Å²) in [6.07, 6.45) is 0.567. The number of halogens is 2. The molecule has 1 amide bonds. The molecule has 1 saturated heterocycles. The number of amides is 1. The third-order valence-corrected chi connectivity index (χ3v) is 3.87. The second kappa shape index (κ2) is 10.9. The van der Waals surface area contributed by atoms with Gasteiger partial charge in [-0.15, -0.1) is 24.8 Å². The van der Waals surface area contributed by atoms with Crippen LogP contribution in [0.4, 0.5) is 0 Å². The van der Waals surface area contributed by atoms with Crippen LogP contribution in [0.1, 0.15) is 19.4 Å². The van der Waals surface area contributed by atoms with Crippen molar-refractivity contribution in [3.05, 3.63) is 35.9 Å². The van der Waals surface area contributed by atoms with Crippen molar-refractivity contribution in [1.82, 2.24) is 10.2 Å². The number of carbonyl (C=O) groups is 1. The van der Waals surface area contributed by atoms with E-state index in [-0.39, 0.29) is 36.3 Å². The van der Waals surface area contributed by atoms with Gasteiger partial charge in [0.1, 0.15) is 0 Å². The van der Waals surface area contributed by atoms with E-state index in [1.54, 1.807) is 0 Å². The molecule has 0 saturated carbocycles. The highest BCUT2D eigenvalue weighted by molar-refractivity contribution is 5.85. The van der Waals surface area contributed by atoms with Crippen LogP contribution in [0, 0.1) is 0 Å². The third kappa shape index (κ3) is 7.81. The van der Waals surface area contributed by atoms with Crippen LogP contribution in [-0.2, 0) is 16.0 Å². The first-order valence-electron chi connectivity index (χ1n) is 7.90. The average Bonchev–Trinajstić information content (AvgIpc) is 2.47. The summed E-state index contributed by atoms with van der Waals surface area (Å²) in [5.74, 6) is -0.0867. The van der Waals surface area contributed by atoms with Gasteiger partial charge in [0.25, 0.3) is 0 Å². The van der Waals surface area contributed by atoms with Crippen molar-refractivity contribution in [2.45, 2.75) is 31.9 Å². The van der Waals surface area contributed by atoms with Crippen LogP contribution in [0.25, 0.3) is 0 Å². The van der Waals surface area contributed by atoms with Crippen molar-refractivity contribution in [1.29, 1.82) is 0 Å². The molecule has 1 heterocycles. The Labute approximate surface area is 157 Å². The van der Waals surface area contributed by atoms with Crippen LogP contribution in [0.5, 0.6) is 0 Å². The molecule has 5 nitrogen and oxygen atoms in total. The minimum Gasteiger partial charge on any atom is -0.373 e. The van der Waals surface area contributed by atoms with E-state index in [1.165, 1.54) is 0 Å². The van der Waals surface area contributed by atoms with E-state index in [0.29, 0.717) is 13.0 Å². The summed E-state index contributed by atoms with van der Waals surface area (Å²) >= 11 is 0. The normalized spacial score (nSPS) is 18.0. The van der Waals surface area contributed by atoms with Gasteiger partial charge in [-0.05, 0) is 25.8 Å². The van der Waals surface area contributed by atoms with Crippen molar-refractivity contribution in [2.75, 3.05) is 32.8 Å². The van der Waals surface area contributed by atoms with Gasteiger partial charge < -0.3 is 15.8 Å². The Bertz CT molecular complexity index is 486. The Kier molecular flexibility index (Phi) is 10.5. The van der Waals surface area contributed by atoms with Gasteiger partial charge in [-0.25, -0.2) is 0 Å². The predicted molar refractivity (Wildman–Crippen MR) is 102 cm³/mol. The average molecular weight is 378 g/mol. The Balaban J connectivity index is 0.00000264. The third-order valence-electron chi connectivity index (χ3n) is 3.87. The Morgan fingerprint density at radius 2 is 2.00 bits per heavy atom. The van der Waals surface area contributed by atoms with Crippen LogP contribution >= 0.6 is 24.8 Å². The molecule has 3 N–H and O–H groups in total. The van der Waals surface area contributed by atoms with Crippen molar-refractivity contribution >= 4 is 30.7 Å². The molecule has 0 aromatic heterocycles. The number of rotatable bonds is 6. The quantitative estimate of drug-likeness (QED) is 0.790. The molecular formula is C17H29Cl2N3O2. The van der Waals surface area contributed by atoms with Gasteiger partial charge in [0.2, 0.25) is 5.91 Å². The lowest BCUT2D eigenvalue weighted by molar-refractivity contribution is -0.122. The van der Waals surface area contributed by atoms with E-state index in [1.807, 2.05) is 30.3 Å². The van der Waals surface area contributed by atoms with Crippen LogP contribution in [0.15, 0.2) is 30.3 Å². The van der Waals surface area contributed by atoms with Gasteiger partial charge in [-0.2, -0.15) is 0 Å². The van der Waals surface area contributed by atoms with E-state index in [4.69, 9.17) is 10.5 Å². The number of morpholine rings is 1. The van der Waals surface area contributed by atoms with Crippen molar-refractivity contribution < 1.29 is 9.53 Å². The summed E-state index contributed by atoms with van der Waals surface area (Å²) in [6.45, 7) is 8.18. The lowest BCUT2D eigenvalue weighted by Crippen LogP contribution is -2.51. The summed E-state index contributed by atoms with van der Waals surface area (Å²) < 4.78 is 5.68. The number of hydrogen-bond acceptors (Lipinski definition) is 4. The zero-order valence-corrected chi connectivity index (χ0v) is 16.0. The molecule has 0 aliphatic carbocycles. The second-order valence-corrected chi connectivity index (χ2v) is 6.47. The predicted octanol–water partition coefficient (Wildman–Crippen LogP) is 1.63. The van der Waals surface area contributed by atoms with Gasteiger partial charge in [-0.3, -0.25) is 9.69 Å². The smallest absolute Gasteiger partial charge is 0.237 e. The molecule has 7 heteroatoms. The SMILES string of the molecule is CC1(C)CN(CCNC(=O)C(N)Cc2ccccc2)CCO1.Cl.Cl. The fraction of sp³-hybridized carbons (Fsp3) is 0.588. The maximum absolute atomic E-state index is 12.0. The first-order valence-corrected chi connectivity index (χ1v) is 7.90. The fourth-order valence-corrected chi connectivity index (χ4v) is 2.73. The highest BCUT2D eigenvalue weighted by Crippen LogP contribution is 2.15. The lowest BCUT2D eigenvalue weighted by atomic mass is 10.1. The van der Waals surface area contributed by atoms with Gasteiger partial charge in [0.15, 0.2) is 0 Å². The van der Waals surface area contributed by atoms with Gasteiger partial charge in [-0.1, -0.05) is 30.3 Å². The monoisotopic (exact) mass is 377 g/mol. The van der Waals surface area contributed by atoms with Crippen molar-refractivity contribution in [2.24, 2.45) is 5.73 Å². The molecule has 0 bridgehead atoms. The number of nitrogens with one attached hydrogen (secondary N) is 1. The highest BCUT2D eigenvalue weighted by atomic mass is 35.5. The van der Waals surface area contributed by atoms with Crippen LogP contribution in [0.2, 0.25) is 0 Å². The van der Waals surface area contributed by atoms with E-state index >= 15 is 0 Å². The largest absolute Gasteiger partial charge is 0.373 e. The molecule has 1 atom stereocenters. The first kappa shape index (κ1) is 23.1. The molecule has 1 unspecified atom stereocenters. The number of nitrogens with two attached hydrogens (primary N) is 1. The maximum Gasteiger partial charge on any atom is 0.237 e. The Morgan fingerprint density at radius 3 is 2.62 bits per heavy atom. The minimum absolute atomic E-state index is 0. The highest BCUT2D eigenvalue weighted by Gasteiger charge is 2.26. The number of ether oxygens (including phenoxy) is 1. The molecule has 138 valence electrons. The second-order valence-electron chi connectivity index (χ2n) is 6.47. The summed E-state index contributed by atoms with van der Waals surface area (Å²) in [5.41, 5.74) is 6.94. The van der Waals surface area contributed by atoms with Gasteiger partial charge >= 0.3 is 0 Å². The number of carbonyl (C=O) groups excluding carboxylic acids is 1. The molecule has 1 aromatic rings. The van der Waals surface area contributed by atoms with Crippen molar-refractivity contribution in [3.8, 4) is 0 Å². The first-order chi connectivity index (χ1) is 10.5. The minimum atomic E-state index is -0.497. The summed E-state index contributed by atoms with van der Waals surface area (Å²) in [7, 11) is 0. The van der Waals surface area contributed by atoms with E-state index in [2.05, 4.69) is 24.1 Å². The molecule has 0 radical (unpaired) electrons. The fourth-order valence-electron chi connectivity index (χ4n) is 2.73. The van der Waals surface area contributed by atoms with Gasteiger partial charge in [0, 0.05) is 26.2 Å². The molecule has 0 spiro atoms. The van der Waals surface area contributed by atoms with E-state index in [0.717, 1.165) is 31.8 Å². The van der Waals surface area contributed by atoms with E-state index < -0.39 is 6.04 Å². The van der Waals surface area contributed by atoms with E-state index in [9.17, 15) is 4.79 Å². The summed E-state index contributed by atoms with van der Waals surface area (Å²) in [5, 5.41) is 2.93. The van der Waals surface area contributed by atoms with Crippen molar-refractivity contribution in [3.63, 3.8) is 0 Å². The van der Waals surface area contributed by atoms with Crippen LogP contribution in [0.3, 0.4) is 0 Å².